The summed E-state index contributed by atoms with van der Waals surface area (Å²) in [5, 5.41) is 14.5. The molecule has 0 bridgehead atoms. The van der Waals surface area contributed by atoms with Crippen molar-refractivity contribution in [1.29, 1.82) is 0 Å². The number of amides is 2. The topological polar surface area (TPSA) is 114 Å². The number of carbonyl (C=O) groups is 3. The van der Waals surface area contributed by atoms with Crippen molar-refractivity contribution in [3.63, 3.8) is 0 Å². The molecule has 0 spiro atoms. The van der Waals surface area contributed by atoms with Gasteiger partial charge in [-0.1, -0.05) is 37.6 Å². The van der Waals surface area contributed by atoms with E-state index in [1.54, 1.807) is 56.3 Å². The Bertz CT molecular complexity index is 1030. The first kappa shape index (κ1) is 21.9. The molecular formula is C23H24N2O6. The molecule has 2 amide bonds. The maximum absolute atomic E-state index is 12.9. The Labute approximate surface area is 179 Å². The second-order valence-corrected chi connectivity index (χ2v) is 7.52. The molecule has 0 aromatic heterocycles. The molecule has 0 radical (unpaired) electrons. The SMILES string of the molecule is Cc1ccc(C(=O)NC(=Cc2ccc3c(c2)OCO3)C(=O)NC(C(=O)O)C(C)C)cc1. The molecule has 3 N–H and O–H groups in total. The van der Waals surface area contributed by atoms with Crippen molar-refractivity contribution >= 4 is 23.9 Å². The van der Waals surface area contributed by atoms with Crippen LogP contribution in [0.25, 0.3) is 6.08 Å². The zero-order valence-corrected chi connectivity index (χ0v) is 17.5. The number of hydrogen-bond donors (Lipinski definition) is 3. The summed E-state index contributed by atoms with van der Waals surface area (Å²) in [5.74, 6) is -1.60. The summed E-state index contributed by atoms with van der Waals surface area (Å²) in [6, 6.07) is 10.8. The van der Waals surface area contributed by atoms with E-state index >= 15 is 0 Å². The smallest absolute Gasteiger partial charge is 0.326 e. The Hall–Kier alpha value is -3.81. The number of aliphatic carboxylic acids is 1. The lowest BCUT2D eigenvalue weighted by molar-refractivity contribution is -0.142. The summed E-state index contributed by atoms with van der Waals surface area (Å²) < 4.78 is 10.6. The molecule has 162 valence electrons. The minimum atomic E-state index is -1.16. The number of ether oxygens (including phenoxy) is 2. The number of rotatable bonds is 7. The maximum Gasteiger partial charge on any atom is 0.326 e. The lowest BCUT2D eigenvalue weighted by Gasteiger charge is -2.19. The molecule has 1 atom stereocenters. The van der Waals surface area contributed by atoms with Crippen molar-refractivity contribution in [3.8, 4) is 11.5 Å². The summed E-state index contributed by atoms with van der Waals surface area (Å²) in [5.41, 5.74) is 1.85. The van der Waals surface area contributed by atoms with Gasteiger partial charge >= 0.3 is 5.97 Å². The third kappa shape index (κ3) is 5.42. The van der Waals surface area contributed by atoms with Crippen molar-refractivity contribution in [2.45, 2.75) is 26.8 Å². The highest BCUT2D eigenvalue weighted by atomic mass is 16.7. The molecule has 0 fully saturated rings. The van der Waals surface area contributed by atoms with Crippen molar-refractivity contribution in [2.75, 3.05) is 6.79 Å². The van der Waals surface area contributed by atoms with Crippen LogP contribution < -0.4 is 20.1 Å². The number of aryl methyl sites for hydroxylation is 1. The standard InChI is InChI=1S/C23H24N2O6/c1-13(2)20(23(28)29)25-22(27)17(24-21(26)16-7-4-14(3)5-8-16)10-15-6-9-18-19(11-15)31-12-30-18/h4-11,13,20H,12H2,1-3H3,(H,24,26)(H,25,27)(H,28,29). The van der Waals surface area contributed by atoms with E-state index in [1.165, 1.54) is 6.08 Å². The van der Waals surface area contributed by atoms with Gasteiger partial charge in [-0.15, -0.1) is 0 Å². The van der Waals surface area contributed by atoms with Gasteiger partial charge in [-0.3, -0.25) is 9.59 Å². The largest absolute Gasteiger partial charge is 0.480 e. The summed E-state index contributed by atoms with van der Waals surface area (Å²) >= 11 is 0. The molecule has 0 saturated carbocycles. The molecule has 0 saturated heterocycles. The molecule has 1 heterocycles. The predicted molar refractivity (Wildman–Crippen MR) is 114 cm³/mol. The number of carbonyl (C=O) groups excluding carboxylic acids is 2. The van der Waals surface area contributed by atoms with E-state index in [2.05, 4.69) is 10.6 Å². The van der Waals surface area contributed by atoms with Crippen LogP contribution in [0.2, 0.25) is 0 Å². The fraction of sp³-hybridized carbons (Fsp3) is 0.261. The fourth-order valence-electron chi connectivity index (χ4n) is 2.96. The number of carboxylic acids is 1. The van der Waals surface area contributed by atoms with E-state index in [0.717, 1.165) is 5.56 Å². The van der Waals surface area contributed by atoms with Crippen LogP contribution in [0.4, 0.5) is 0 Å². The second-order valence-electron chi connectivity index (χ2n) is 7.52. The summed E-state index contributed by atoms with van der Waals surface area (Å²) in [7, 11) is 0. The van der Waals surface area contributed by atoms with Gasteiger partial charge in [0.2, 0.25) is 6.79 Å². The first-order valence-corrected chi connectivity index (χ1v) is 9.77. The van der Waals surface area contributed by atoms with E-state index in [4.69, 9.17) is 9.47 Å². The molecule has 1 aliphatic heterocycles. The summed E-state index contributed by atoms with van der Waals surface area (Å²) in [6.45, 7) is 5.38. The minimum Gasteiger partial charge on any atom is -0.480 e. The lowest BCUT2D eigenvalue weighted by atomic mass is 10.0. The van der Waals surface area contributed by atoms with Crippen molar-refractivity contribution in [2.24, 2.45) is 5.92 Å². The lowest BCUT2D eigenvalue weighted by Crippen LogP contribution is -2.47. The Morgan fingerprint density at radius 1 is 1.03 bits per heavy atom. The third-order valence-corrected chi connectivity index (χ3v) is 4.73. The minimum absolute atomic E-state index is 0.0867. The van der Waals surface area contributed by atoms with Gasteiger partial charge in [-0.2, -0.15) is 0 Å². The van der Waals surface area contributed by atoms with Gasteiger partial charge in [0.25, 0.3) is 11.8 Å². The van der Waals surface area contributed by atoms with Crippen LogP contribution in [0.1, 0.15) is 35.3 Å². The quantitative estimate of drug-likeness (QED) is 0.589. The summed E-state index contributed by atoms with van der Waals surface area (Å²) in [6.07, 6.45) is 1.46. The second kappa shape index (κ2) is 9.34. The van der Waals surface area contributed by atoms with Crippen LogP contribution >= 0.6 is 0 Å². The fourth-order valence-corrected chi connectivity index (χ4v) is 2.96. The monoisotopic (exact) mass is 424 g/mol. The van der Waals surface area contributed by atoms with Crippen LogP contribution in [0.3, 0.4) is 0 Å². The first-order valence-electron chi connectivity index (χ1n) is 9.77. The van der Waals surface area contributed by atoms with Gasteiger partial charge in [0.15, 0.2) is 11.5 Å². The Morgan fingerprint density at radius 2 is 1.71 bits per heavy atom. The number of nitrogens with one attached hydrogen (secondary N) is 2. The summed E-state index contributed by atoms with van der Waals surface area (Å²) in [4.78, 5) is 37.1. The average Bonchev–Trinajstić information content (AvgIpc) is 3.19. The highest BCUT2D eigenvalue weighted by Crippen LogP contribution is 2.33. The molecule has 3 rings (SSSR count). The van der Waals surface area contributed by atoms with Crippen LogP contribution in [0.5, 0.6) is 11.5 Å². The zero-order valence-electron chi connectivity index (χ0n) is 17.5. The average molecular weight is 424 g/mol. The van der Waals surface area contributed by atoms with E-state index in [1.807, 2.05) is 6.92 Å². The number of benzene rings is 2. The van der Waals surface area contributed by atoms with Gasteiger partial charge < -0.3 is 25.2 Å². The maximum atomic E-state index is 12.9. The number of carboxylic acid groups (broad SMARTS) is 1. The van der Waals surface area contributed by atoms with E-state index in [9.17, 15) is 19.5 Å². The molecule has 31 heavy (non-hydrogen) atoms. The van der Waals surface area contributed by atoms with Gasteiger partial charge in [0.1, 0.15) is 11.7 Å². The first-order chi connectivity index (χ1) is 14.7. The van der Waals surface area contributed by atoms with Crippen LogP contribution in [0, 0.1) is 12.8 Å². The van der Waals surface area contributed by atoms with Crippen LogP contribution in [0.15, 0.2) is 48.2 Å². The predicted octanol–water partition coefficient (Wildman–Crippen LogP) is 2.72. The molecule has 0 aliphatic carbocycles. The van der Waals surface area contributed by atoms with Gasteiger partial charge in [0.05, 0.1) is 0 Å². The molecule has 8 nitrogen and oxygen atoms in total. The molecule has 8 heteroatoms. The Balaban J connectivity index is 1.90. The van der Waals surface area contributed by atoms with Gasteiger partial charge in [-0.25, -0.2) is 4.79 Å². The van der Waals surface area contributed by atoms with Crippen LogP contribution in [-0.2, 0) is 9.59 Å². The number of hydrogen-bond acceptors (Lipinski definition) is 5. The Morgan fingerprint density at radius 3 is 2.35 bits per heavy atom. The molecule has 1 unspecified atom stereocenters. The third-order valence-electron chi connectivity index (χ3n) is 4.73. The van der Waals surface area contributed by atoms with Gasteiger partial charge in [0, 0.05) is 5.56 Å². The van der Waals surface area contributed by atoms with Crippen LogP contribution in [-0.4, -0.2) is 35.7 Å². The molecule has 1 aliphatic rings. The van der Waals surface area contributed by atoms with Gasteiger partial charge in [-0.05, 0) is 48.7 Å². The molecule has 2 aromatic rings. The highest BCUT2D eigenvalue weighted by molar-refractivity contribution is 6.06. The van der Waals surface area contributed by atoms with E-state index < -0.39 is 23.8 Å². The van der Waals surface area contributed by atoms with Crippen molar-refractivity contribution in [3.05, 3.63) is 64.9 Å². The molecule has 2 aromatic carbocycles. The van der Waals surface area contributed by atoms with Crippen molar-refractivity contribution < 1.29 is 29.0 Å². The Kier molecular flexibility index (Phi) is 6.59. The van der Waals surface area contributed by atoms with E-state index in [-0.39, 0.29) is 18.4 Å². The van der Waals surface area contributed by atoms with Crippen molar-refractivity contribution in [1.82, 2.24) is 10.6 Å². The number of fused-ring (bicyclic) bond motifs is 1. The van der Waals surface area contributed by atoms with E-state index in [0.29, 0.717) is 22.6 Å². The normalized spacial score (nSPS) is 13.6. The zero-order chi connectivity index (χ0) is 22.5. The molecular weight excluding hydrogens is 400 g/mol. The highest BCUT2D eigenvalue weighted by Gasteiger charge is 2.26.